The van der Waals surface area contributed by atoms with Crippen LogP contribution in [0, 0.1) is 24.3 Å². The number of anilines is 1. The van der Waals surface area contributed by atoms with Gasteiger partial charge in [-0.25, -0.2) is 4.98 Å². The van der Waals surface area contributed by atoms with Crippen LogP contribution in [0.25, 0.3) is 0 Å². The van der Waals surface area contributed by atoms with E-state index in [0.717, 1.165) is 12.8 Å². The van der Waals surface area contributed by atoms with Crippen molar-refractivity contribution in [3.8, 4) is 12.3 Å². The first-order chi connectivity index (χ1) is 13.9. The van der Waals surface area contributed by atoms with E-state index in [4.69, 9.17) is 21.6 Å². The number of fused-ring (bicyclic) bond motifs is 1. The number of carbonyl (C=O) groups excluding carboxylic acids is 1. The third-order valence-electron chi connectivity index (χ3n) is 5.32. The fraction of sp³-hybridized carbons (Fsp3) is 0.600. The molecule has 156 valence electrons. The van der Waals surface area contributed by atoms with Gasteiger partial charge in [-0.15, -0.1) is 6.42 Å². The third kappa shape index (κ3) is 4.54. The molecule has 0 spiro atoms. The van der Waals surface area contributed by atoms with E-state index >= 15 is 0 Å². The van der Waals surface area contributed by atoms with Crippen LogP contribution in [0.3, 0.4) is 0 Å². The molecular formula is C20H25FN4O4. The maximum absolute atomic E-state index is 13.4. The van der Waals surface area contributed by atoms with Crippen LogP contribution in [-0.2, 0) is 20.7 Å². The van der Waals surface area contributed by atoms with E-state index in [1.165, 1.54) is 0 Å². The Bertz CT molecular complexity index is 841. The summed E-state index contributed by atoms with van der Waals surface area (Å²) < 4.78 is 24.7. The molecule has 9 heteroatoms. The predicted octanol–water partition coefficient (Wildman–Crippen LogP) is 1.72. The van der Waals surface area contributed by atoms with Gasteiger partial charge in [-0.1, -0.05) is 19.3 Å². The lowest BCUT2D eigenvalue weighted by atomic mass is 9.92. The van der Waals surface area contributed by atoms with Gasteiger partial charge in [0.05, 0.1) is 11.8 Å². The Hall–Kier alpha value is -2.57. The summed E-state index contributed by atoms with van der Waals surface area (Å²) in [7, 11) is 0. The minimum absolute atomic E-state index is 0.0197. The number of hydrogen-bond acceptors (Lipinski definition) is 8. The number of hydrogen-bond donors (Lipinski definition) is 2. The maximum atomic E-state index is 13.4. The molecule has 8 nitrogen and oxygen atoms in total. The van der Waals surface area contributed by atoms with Gasteiger partial charge in [-0.3, -0.25) is 9.79 Å². The Labute approximate surface area is 168 Å². The Kier molecular flexibility index (Phi) is 6.45. The molecular weight excluding hydrogens is 379 g/mol. The number of aromatic nitrogens is 2. The second kappa shape index (κ2) is 8.84. The third-order valence-corrected chi connectivity index (χ3v) is 5.32. The molecule has 3 heterocycles. The first kappa shape index (κ1) is 21.1. The van der Waals surface area contributed by atoms with Crippen LogP contribution >= 0.6 is 0 Å². The zero-order valence-electron chi connectivity index (χ0n) is 16.3. The number of carbonyl (C=O) groups is 1. The number of halogens is 1. The van der Waals surface area contributed by atoms with E-state index in [-0.39, 0.29) is 30.7 Å². The summed E-state index contributed by atoms with van der Waals surface area (Å²) in [6, 6.07) is 0. The zero-order chi connectivity index (χ0) is 21.0. The molecule has 1 aromatic rings. The number of aliphatic hydroxyl groups is 1. The fourth-order valence-corrected chi connectivity index (χ4v) is 3.59. The van der Waals surface area contributed by atoms with Crippen molar-refractivity contribution in [2.45, 2.75) is 63.3 Å². The number of aliphatic hydroxyl groups excluding tert-OH is 1. The molecule has 3 rings (SSSR count). The minimum Gasteiger partial charge on any atom is -0.461 e. The van der Waals surface area contributed by atoms with Crippen LogP contribution in [-0.4, -0.2) is 51.7 Å². The van der Waals surface area contributed by atoms with Gasteiger partial charge in [0.15, 0.2) is 11.4 Å². The molecule has 3 N–H and O–H groups in total. The first-order valence-corrected chi connectivity index (χ1v) is 9.74. The van der Waals surface area contributed by atoms with Crippen molar-refractivity contribution >= 4 is 23.7 Å². The molecule has 2 aliphatic rings. The van der Waals surface area contributed by atoms with Gasteiger partial charge in [0, 0.05) is 25.0 Å². The predicted molar refractivity (Wildman–Crippen MR) is 104 cm³/mol. The largest absolute Gasteiger partial charge is 0.461 e. The van der Waals surface area contributed by atoms with Gasteiger partial charge in [0.1, 0.15) is 18.4 Å². The highest BCUT2D eigenvalue weighted by Gasteiger charge is 2.50. The van der Waals surface area contributed by atoms with Gasteiger partial charge >= 0.3 is 12.0 Å². The topological polar surface area (TPSA) is 120 Å². The lowest BCUT2D eigenvalue weighted by Gasteiger charge is -2.27. The molecule has 1 saturated heterocycles. The molecule has 1 aromatic heterocycles. The lowest BCUT2D eigenvalue weighted by molar-refractivity contribution is -0.155. The number of aryl methyl sites for hydroxylation is 1. The van der Waals surface area contributed by atoms with Crippen LogP contribution in [0.2, 0.25) is 0 Å². The average Bonchev–Trinajstić information content (AvgIpc) is 2.87. The van der Waals surface area contributed by atoms with Gasteiger partial charge in [0.25, 0.3) is 0 Å². The standard InChI is InChI=1S/C20H25FN4O4/c1-3-5-6-16(27)28-11-20(4-2)15(26)9-14(29-20)12-7-8-13-17(23-10-12)18(22)25-19(21)24-13/h2,10,12,14-15,26H,3,5-9,11H2,1H3,(H2,22,24,25)/t12?,14-,15+,20-/m1/s1. The highest BCUT2D eigenvalue weighted by molar-refractivity contribution is 5.73. The quantitative estimate of drug-likeness (QED) is 0.421. The number of nitrogens with zero attached hydrogens (tertiary/aromatic N) is 3. The Balaban J connectivity index is 1.68. The number of ether oxygens (including phenoxy) is 2. The smallest absolute Gasteiger partial charge is 0.310 e. The Morgan fingerprint density at radius 3 is 3.07 bits per heavy atom. The highest BCUT2D eigenvalue weighted by Crippen LogP contribution is 2.37. The van der Waals surface area contributed by atoms with Crippen molar-refractivity contribution in [2.75, 3.05) is 12.3 Å². The summed E-state index contributed by atoms with van der Waals surface area (Å²) in [5, 5.41) is 10.6. The van der Waals surface area contributed by atoms with Crippen molar-refractivity contribution in [1.82, 2.24) is 9.97 Å². The van der Waals surface area contributed by atoms with Gasteiger partial charge in [-0.2, -0.15) is 9.37 Å². The second-order valence-corrected chi connectivity index (χ2v) is 7.36. The molecule has 1 fully saturated rings. The summed E-state index contributed by atoms with van der Waals surface area (Å²) in [5.41, 5.74) is 5.13. The molecule has 4 atom stereocenters. The number of terminal acetylenes is 1. The molecule has 2 aliphatic heterocycles. The molecule has 0 amide bonds. The average molecular weight is 404 g/mol. The van der Waals surface area contributed by atoms with E-state index in [9.17, 15) is 14.3 Å². The Morgan fingerprint density at radius 2 is 2.34 bits per heavy atom. The van der Waals surface area contributed by atoms with Crippen LogP contribution in [0.5, 0.6) is 0 Å². The van der Waals surface area contributed by atoms with Crippen LogP contribution in [0.4, 0.5) is 15.9 Å². The summed E-state index contributed by atoms with van der Waals surface area (Å²) in [6.45, 7) is 1.77. The van der Waals surface area contributed by atoms with Gasteiger partial charge < -0.3 is 20.3 Å². The van der Waals surface area contributed by atoms with E-state index < -0.39 is 23.9 Å². The van der Waals surface area contributed by atoms with Crippen molar-refractivity contribution in [3.05, 3.63) is 11.8 Å². The van der Waals surface area contributed by atoms with Crippen molar-refractivity contribution in [1.29, 1.82) is 0 Å². The van der Waals surface area contributed by atoms with Crippen molar-refractivity contribution in [2.24, 2.45) is 10.9 Å². The normalized spacial score (nSPS) is 28.4. The number of nitrogen functional groups attached to an aromatic ring is 1. The van der Waals surface area contributed by atoms with Gasteiger partial charge in [0.2, 0.25) is 0 Å². The number of unbranched alkanes of at least 4 members (excludes halogenated alkanes) is 1. The van der Waals surface area contributed by atoms with Crippen molar-refractivity contribution < 1.29 is 23.8 Å². The summed E-state index contributed by atoms with van der Waals surface area (Å²) in [4.78, 5) is 23.4. The molecule has 0 bridgehead atoms. The number of esters is 1. The minimum atomic E-state index is -1.40. The number of rotatable bonds is 6. The monoisotopic (exact) mass is 404 g/mol. The van der Waals surface area contributed by atoms with Crippen LogP contribution in [0.15, 0.2) is 4.99 Å². The van der Waals surface area contributed by atoms with E-state index in [1.54, 1.807) is 6.21 Å². The molecule has 1 unspecified atom stereocenters. The molecule has 0 aromatic carbocycles. The number of nitrogens with two attached hydrogens (primary N) is 1. The zero-order valence-corrected chi connectivity index (χ0v) is 16.3. The maximum Gasteiger partial charge on any atom is 0.310 e. The van der Waals surface area contributed by atoms with Crippen molar-refractivity contribution in [3.63, 3.8) is 0 Å². The summed E-state index contributed by atoms with van der Waals surface area (Å²) in [5.74, 6) is 1.88. The van der Waals surface area contributed by atoms with Crippen LogP contribution in [0.1, 0.15) is 44.7 Å². The fourth-order valence-electron chi connectivity index (χ4n) is 3.59. The summed E-state index contributed by atoms with van der Waals surface area (Å²) in [6.07, 6.45) is 8.11. The van der Waals surface area contributed by atoms with E-state index in [2.05, 4.69) is 20.9 Å². The molecule has 29 heavy (non-hydrogen) atoms. The summed E-state index contributed by atoms with van der Waals surface area (Å²) >= 11 is 0. The molecule has 0 aliphatic carbocycles. The first-order valence-electron chi connectivity index (χ1n) is 9.74. The van der Waals surface area contributed by atoms with Crippen LogP contribution < -0.4 is 5.73 Å². The highest BCUT2D eigenvalue weighted by atomic mass is 19.1. The molecule has 0 radical (unpaired) electrons. The number of aliphatic imine (C=N–C) groups is 1. The van der Waals surface area contributed by atoms with E-state index in [0.29, 0.717) is 30.6 Å². The SMILES string of the molecule is C#C[C@]1(COC(=O)CCCC)O[C@@H](C2C=Nc3c(N)nc(F)nc3CC2)C[C@@H]1O. The van der Waals surface area contributed by atoms with Gasteiger partial charge in [-0.05, 0) is 19.3 Å². The molecule has 0 saturated carbocycles. The second-order valence-electron chi connectivity index (χ2n) is 7.36. The lowest BCUT2D eigenvalue weighted by Crippen LogP contribution is -2.43. The Morgan fingerprint density at radius 1 is 1.55 bits per heavy atom. The van der Waals surface area contributed by atoms with E-state index in [1.807, 2.05) is 6.92 Å².